The molecule has 1 aromatic rings. The lowest BCUT2D eigenvalue weighted by molar-refractivity contribution is 0.0657. The standard InChI is InChI=1S/C15H21ClN4O2/c1-3-22-15-13(16)9-19(10-17-15)14-8-18-20(11(14)2)12-4-6-21-7-5-12/h8-9,12H,3-7,10H2,1-2H3. The maximum atomic E-state index is 6.23. The highest BCUT2D eigenvalue weighted by molar-refractivity contribution is 6.42. The quantitative estimate of drug-likeness (QED) is 0.858. The van der Waals surface area contributed by atoms with Crippen LogP contribution < -0.4 is 4.90 Å². The summed E-state index contributed by atoms with van der Waals surface area (Å²) >= 11 is 6.23. The smallest absolute Gasteiger partial charge is 0.231 e. The van der Waals surface area contributed by atoms with E-state index in [2.05, 4.69) is 21.7 Å². The van der Waals surface area contributed by atoms with Crippen molar-refractivity contribution in [3.63, 3.8) is 0 Å². The van der Waals surface area contributed by atoms with Crippen molar-refractivity contribution in [1.29, 1.82) is 0 Å². The van der Waals surface area contributed by atoms with Crippen molar-refractivity contribution in [2.24, 2.45) is 4.99 Å². The van der Waals surface area contributed by atoms with Gasteiger partial charge in [0.05, 0.1) is 30.2 Å². The Kier molecular flexibility index (Phi) is 4.69. The molecule has 0 amide bonds. The van der Waals surface area contributed by atoms with E-state index in [1.165, 1.54) is 0 Å². The van der Waals surface area contributed by atoms with Crippen molar-refractivity contribution in [2.45, 2.75) is 32.7 Å². The molecule has 1 fully saturated rings. The van der Waals surface area contributed by atoms with Gasteiger partial charge in [0.1, 0.15) is 11.7 Å². The molecule has 0 radical (unpaired) electrons. The van der Waals surface area contributed by atoms with E-state index in [0.29, 0.717) is 30.2 Å². The molecular formula is C15H21ClN4O2. The molecule has 1 saturated heterocycles. The first-order valence-corrected chi connectivity index (χ1v) is 8.02. The SMILES string of the molecule is CCOC1=NCN(c2cnn(C3CCOCC3)c2C)C=C1Cl. The number of aromatic nitrogens is 2. The third-order valence-corrected chi connectivity index (χ3v) is 4.25. The van der Waals surface area contributed by atoms with Gasteiger partial charge in [-0.3, -0.25) is 4.68 Å². The van der Waals surface area contributed by atoms with Crippen LogP contribution >= 0.6 is 11.6 Å². The fourth-order valence-electron chi connectivity index (χ4n) is 2.84. The van der Waals surface area contributed by atoms with Gasteiger partial charge in [0.2, 0.25) is 5.90 Å². The van der Waals surface area contributed by atoms with Crippen LogP contribution in [0.2, 0.25) is 0 Å². The largest absolute Gasteiger partial charge is 0.477 e. The van der Waals surface area contributed by atoms with Gasteiger partial charge in [-0.2, -0.15) is 5.10 Å². The van der Waals surface area contributed by atoms with Gasteiger partial charge in [0.25, 0.3) is 0 Å². The number of anilines is 1. The number of rotatable bonds is 3. The van der Waals surface area contributed by atoms with Crippen LogP contribution in [0.1, 0.15) is 31.5 Å². The summed E-state index contributed by atoms with van der Waals surface area (Å²) in [5.41, 5.74) is 2.16. The van der Waals surface area contributed by atoms with Crippen LogP contribution in [0.25, 0.3) is 0 Å². The van der Waals surface area contributed by atoms with Crippen LogP contribution in [-0.4, -0.2) is 42.2 Å². The third kappa shape index (κ3) is 2.98. The Hall–Kier alpha value is -1.53. The maximum Gasteiger partial charge on any atom is 0.231 e. The normalized spacial score (nSPS) is 19.9. The highest BCUT2D eigenvalue weighted by Crippen LogP contribution is 2.29. The van der Waals surface area contributed by atoms with Crippen molar-refractivity contribution >= 4 is 23.2 Å². The summed E-state index contributed by atoms with van der Waals surface area (Å²) in [4.78, 5) is 6.39. The summed E-state index contributed by atoms with van der Waals surface area (Å²) in [6.45, 7) is 6.66. The molecule has 0 saturated carbocycles. The minimum absolute atomic E-state index is 0.411. The molecule has 7 heteroatoms. The van der Waals surface area contributed by atoms with E-state index in [1.807, 2.05) is 24.2 Å². The molecule has 2 aliphatic heterocycles. The molecule has 0 unspecified atom stereocenters. The molecule has 0 atom stereocenters. The first-order valence-electron chi connectivity index (χ1n) is 7.64. The van der Waals surface area contributed by atoms with Crippen LogP contribution in [0, 0.1) is 6.92 Å². The van der Waals surface area contributed by atoms with Crippen molar-refractivity contribution < 1.29 is 9.47 Å². The summed E-state index contributed by atoms with van der Waals surface area (Å²) in [6.07, 6.45) is 5.75. The molecule has 1 aromatic heterocycles. The average molecular weight is 325 g/mol. The topological polar surface area (TPSA) is 51.9 Å². The predicted molar refractivity (Wildman–Crippen MR) is 86.4 cm³/mol. The molecular weight excluding hydrogens is 304 g/mol. The molecule has 0 bridgehead atoms. The Labute approximate surface area is 135 Å². The second-order valence-electron chi connectivity index (χ2n) is 5.39. The van der Waals surface area contributed by atoms with Crippen LogP contribution in [0.3, 0.4) is 0 Å². The first kappa shape index (κ1) is 15.4. The van der Waals surface area contributed by atoms with Crippen molar-refractivity contribution in [3.05, 3.63) is 23.1 Å². The van der Waals surface area contributed by atoms with Crippen molar-refractivity contribution in [1.82, 2.24) is 9.78 Å². The Bertz CT molecular complexity index is 590. The van der Waals surface area contributed by atoms with Crippen LogP contribution in [-0.2, 0) is 9.47 Å². The lowest BCUT2D eigenvalue weighted by atomic mass is 10.1. The summed E-state index contributed by atoms with van der Waals surface area (Å²) in [5, 5.41) is 5.08. The fraction of sp³-hybridized carbons (Fsp3) is 0.600. The van der Waals surface area contributed by atoms with Crippen molar-refractivity contribution in [3.8, 4) is 0 Å². The number of nitrogens with zero attached hydrogens (tertiary/aromatic N) is 4. The van der Waals surface area contributed by atoms with E-state index in [9.17, 15) is 0 Å². The van der Waals surface area contributed by atoms with E-state index in [1.54, 1.807) is 0 Å². The second kappa shape index (κ2) is 6.71. The van der Waals surface area contributed by atoms with E-state index < -0.39 is 0 Å². The third-order valence-electron chi connectivity index (χ3n) is 3.99. The average Bonchev–Trinajstić information content (AvgIpc) is 2.92. The minimum Gasteiger partial charge on any atom is -0.477 e. The van der Waals surface area contributed by atoms with Gasteiger partial charge in [0, 0.05) is 19.4 Å². The first-order chi connectivity index (χ1) is 10.7. The second-order valence-corrected chi connectivity index (χ2v) is 5.80. The summed E-state index contributed by atoms with van der Waals surface area (Å²) in [6, 6.07) is 0.411. The minimum atomic E-state index is 0.411. The van der Waals surface area contributed by atoms with Crippen LogP contribution in [0.5, 0.6) is 0 Å². The van der Waals surface area contributed by atoms with Crippen LogP contribution in [0.4, 0.5) is 5.69 Å². The fourth-order valence-corrected chi connectivity index (χ4v) is 3.07. The van der Waals surface area contributed by atoms with Crippen LogP contribution in [0.15, 0.2) is 22.4 Å². The van der Waals surface area contributed by atoms with Gasteiger partial charge < -0.3 is 14.4 Å². The molecule has 2 aliphatic rings. The van der Waals surface area contributed by atoms with Gasteiger partial charge in [-0.15, -0.1) is 0 Å². The van der Waals surface area contributed by atoms with E-state index in [-0.39, 0.29) is 0 Å². The zero-order chi connectivity index (χ0) is 15.5. The lowest BCUT2D eigenvalue weighted by Gasteiger charge is -2.25. The van der Waals surface area contributed by atoms with E-state index in [4.69, 9.17) is 21.1 Å². The maximum absolute atomic E-state index is 6.23. The van der Waals surface area contributed by atoms with E-state index in [0.717, 1.165) is 37.4 Å². The lowest BCUT2D eigenvalue weighted by Crippen LogP contribution is -2.25. The predicted octanol–water partition coefficient (Wildman–Crippen LogP) is 2.84. The molecule has 22 heavy (non-hydrogen) atoms. The zero-order valence-electron chi connectivity index (χ0n) is 13.0. The number of hydrogen-bond acceptors (Lipinski definition) is 5. The molecule has 0 aliphatic carbocycles. The number of hydrogen-bond donors (Lipinski definition) is 0. The van der Waals surface area contributed by atoms with Gasteiger partial charge in [-0.25, -0.2) is 4.99 Å². The Morgan fingerprint density at radius 1 is 1.41 bits per heavy atom. The molecule has 0 N–H and O–H groups in total. The molecule has 3 rings (SSSR count). The highest BCUT2D eigenvalue weighted by atomic mass is 35.5. The molecule has 0 aromatic carbocycles. The molecule has 6 nitrogen and oxygen atoms in total. The number of ether oxygens (including phenoxy) is 2. The Morgan fingerprint density at radius 2 is 2.18 bits per heavy atom. The zero-order valence-corrected chi connectivity index (χ0v) is 13.7. The Balaban J connectivity index is 1.78. The van der Waals surface area contributed by atoms with Gasteiger partial charge in [0.15, 0.2) is 0 Å². The summed E-state index contributed by atoms with van der Waals surface area (Å²) < 4.78 is 12.9. The number of halogens is 1. The summed E-state index contributed by atoms with van der Waals surface area (Å²) in [5.74, 6) is 0.509. The Morgan fingerprint density at radius 3 is 2.86 bits per heavy atom. The molecule has 120 valence electrons. The van der Waals surface area contributed by atoms with Gasteiger partial charge >= 0.3 is 0 Å². The van der Waals surface area contributed by atoms with Crippen molar-refractivity contribution in [2.75, 3.05) is 31.4 Å². The van der Waals surface area contributed by atoms with Gasteiger partial charge in [-0.05, 0) is 26.7 Å². The molecule has 0 spiro atoms. The number of aliphatic imine (C=N–C) groups is 1. The van der Waals surface area contributed by atoms with E-state index >= 15 is 0 Å². The molecule has 3 heterocycles. The highest BCUT2D eigenvalue weighted by Gasteiger charge is 2.23. The summed E-state index contributed by atoms with van der Waals surface area (Å²) in [7, 11) is 0. The monoisotopic (exact) mass is 324 g/mol. The van der Waals surface area contributed by atoms with Gasteiger partial charge in [-0.1, -0.05) is 11.6 Å².